The zero-order chi connectivity index (χ0) is 22.3. The van der Waals surface area contributed by atoms with E-state index in [2.05, 4.69) is 10.1 Å². The first-order chi connectivity index (χ1) is 14.7. The molecule has 1 aliphatic rings. The van der Waals surface area contributed by atoms with Gasteiger partial charge in [0.05, 0.1) is 11.7 Å². The van der Waals surface area contributed by atoms with Crippen molar-refractivity contribution in [1.29, 1.82) is 0 Å². The highest BCUT2D eigenvalue weighted by atomic mass is 19.4. The van der Waals surface area contributed by atoms with Crippen molar-refractivity contribution < 1.29 is 22.4 Å². The maximum Gasteiger partial charge on any atom is 0.433 e. The maximum atomic E-state index is 13.5. The molecule has 1 saturated heterocycles. The minimum atomic E-state index is -4.54. The first kappa shape index (κ1) is 21.4. The SMILES string of the molecule is CCc1cc(C(F)(F)F)n2nc([C@H]3CCN([C@H](C)C(=O)c4ccc(F)cc4)C3)cc2n1. The number of aromatic nitrogens is 3. The van der Waals surface area contributed by atoms with Crippen LogP contribution in [0, 0.1) is 5.82 Å². The van der Waals surface area contributed by atoms with Gasteiger partial charge in [0.1, 0.15) is 11.5 Å². The highest BCUT2D eigenvalue weighted by molar-refractivity contribution is 5.99. The van der Waals surface area contributed by atoms with Crippen LogP contribution in [0.15, 0.2) is 36.4 Å². The monoisotopic (exact) mass is 434 g/mol. The van der Waals surface area contributed by atoms with E-state index in [4.69, 9.17) is 0 Å². The van der Waals surface area contributed by atoms with Gasteiger partial charge in [0.25, 0.3) is 0 Å². The molecular formula is C22H22F4N4O. The second-order valence-electron chi connectivity index (χ2n) is 7.85. The van der Waals surface area contributed by atoms with E-state index < -0.39 is 23.7 Å². The van der Waals surface area contributed by atoms with Crippen LogP contribution in [-0.4, -0.2) is 44.4 Å². The fraction of sp³-hybridized carbons (Fsp3) is 0.409. The summed E-state index contributed by atoms with van der Waals surface area (Å²) in [6.45, 7) is 4.66. The van der Waals surface area contributed by atoms with Gasteiger partial charge in [0.15, 0.2) is 11.4 Å². The van der Waals surface area contributed by atoms with E-state index in [0.717, 1.165) is 10.6 Å². The Morgan fingerprint density at radius 2 is 1.94 bits per heavy atom. The summed E-state index contributed by atoms with van der Waals surface area (Å²) in [6.07, 6.45) is -3.47. The summed E-state index contributed by atoms with van der Waals surface area (Å²) in [5.41, 5.74) is 0.662. The third kappa shape index (κ3) is 4.19. The summed E-state index contributed by atoms with van der Waals surface area (Å²) in [6, 6.07) is 7.63. The zero-order valence-corrected chi connectivity index (χ0v) is 17.2. The Balaban J connectivity index is 1.56. The predicted molar refractivity (Wildman–Crippen MR) is 106 cm³/mol. The molecule has 0 unspecified atom stereocenters. The van der Waals surface area contributed by atoms with Gasteiger partial charge in [-0.05, 0) is 56.6 Å². The van der Waals surface area contributed by atoms with Crippen LogP contribution in [-0.2, 0) is 12.6 Å². The van der Waals surface area contributed by atoms with E-state index in [1.54, 1.807) is 19.9 Å². The van der Waals surface area contributed by atoms with Crippen LogP contribution >= 0.6 is 0 Å². The van der Waals surface area contributed by atoms with Gasteiger partial charge in [0.2, 0.25) is 0 Å². The molecule has 0 spiro atoms. The standard InChI is InChI=1S/C22H22F4N4O/c1-3-17-10-19(22(24,25)26)30-20(27-17)11-18(28-30)15-8-9-29(12-15)13(2)21(31)14-4-6-16(23)7-5-14/h4-7,10-11,13,15H,3,8-9,12H2,1-2H3/t13-,15+/m1/s1. The van der Waals surface area contributed by atoms with Gasteiger partial charge in [-0.25, -0.2) is 13.9 Å². The smallest absolute Gasteiger partial charge is 0.293 e. The minimum Gasteiger partial charge on any atom is -0.293 e. The number of Topliss-reactive ketones (excluding diaryl/α,β-unsaturated/α-hetero) is 1. The van der Waals surface area contributed by atoms with Crippen molar-refractivity contribution in [3.05, 3.63) is 64.9 Å². The minimum absolute atomic E-state index is 0.101. The lowest BCUT2D eigenvalue weighted by Gasteiger charge is -2.23. The summed E-state index contributed by atoms with van der Waals surface area (Å²) >= 11 is 0. The molecule has 3 heterocycles. The third-order valence-electron chi connectivity index (χ3n) is 5.85. The number of rotatable bonds is 5. The highest BCUT2D eigenvalue weighted by Crippen LogP contribution is 2.33. The molecule has 1 aliphatic heterocycles. The molecule has 2 aromatic heterocycles. The summed E-state index contributed by atoms with van der Waals surface area (Å²) < 4.78 is 54.5. The van der Waals surface area contributed by atoms with Gasteiger partial charge < -0.3 is 0 Å². The topological polar surface area (TPSA) is 50.5 Å². The largest absolute Gasteiger partial charge is 0.433 e. The lowest BCUT2D eigenvalue weighted by molar-refractivity contribution is -0.142. The van der Waals surface area contributed by atoms with Crippen molar-refractivity contribution in [3.63, 3.8) is 0 Å². The molecule has 0 N–H and O–H groups in total. The number of carbonyl (C=O) groups excluding carboxylic acids is 1. The van der Waals surface area contributed by atoms with E-state index >= 15 is 0 Å². The number of halogens is 4. The van der Waals surface area contributed by atoms with Gasteiger partial charge in [-0.3, -0.25) is 9.69 Å². The second kappa shape index (κ2) is 8.03. The number of hydrogen-bond acceptors (Lipinski definition) is 4. The number of ketones is 1. The van der Waals surface area contributed by atoms with Crippen LogP contribution in [0.25, 0.3) is 5.65 Å². The number of fused-ring (bicyclic) bond motifs is 1. The molecule has 2 atom stereocenters. The first-order valence-electron chi connectivity index (χ1n) is 10.2. The van der Waals surface area contributed by atoms with E-state index in [1.165, 1.54) is 24.3 Å². The number of carbonyl (C=O) groups is 1. The van der Waals surface area contributed by atoms with Crippen LogP contribution in [0.1, 0.15) is 53.6 Å². The van der Waals surface area contributed by atoms with Crippen molar-refractivity contribution >= 4 is 11.4 Å². The Hall–Kier alpha value is -2.81. The Kier molecular flexibility index (Phi) is 5.55. The quantitative estimate of drug-likeness (QED) is 0.438. The molecule has 1 fully saturated rings. The Morgan fingerprint density at radius 3 is 2.58 bits per heavy atom. The van der Waals surface area contributed by atoms with E-state index in [1.807, 2.05) is 4.90 Å². The van der Waals surface area contributed by atoms with Crippen molar-refractivity contribution in [2.24, 2.45) is 0 Å². The molecule has 0 amide bonds. The van der Waals surface area contributed by atoms with Crippen molar-refractivity contribution in [2.75, 3.05) is 13.1 Å². The van der Waals surface area contributed by atoms with Gasteiger partial charge in [0, 0.05) is 29.8 Å². The lowest BCUT2D eigenvalue weighted by atomic mass is 10.0. The fourth-order valence-corrected chi connectivity index (χ4v) is 4.03. The molecular weight excluding hydrogens is 412 g/mol. The number of alkyl halides is 3. The van der Waals surface area contributed by atoms with Crippen LogP contribution in [0.2, 0.25) is 0 Å². The van der Waals surface area contributed by atoms with E-state index in [-0.39, 0.29) is 17.3 Å². The number of benzene rings is 1. The van der Waals surface area contributed by atoms with Crippen molar-refractivity contribution in [1.82, 2.24) is 19.5 Å². The molecule has 5 nitrogen and oxygen atoms in total. The molecule has 0 radical (unpaired) electrons. The Bertz CT molecular complexity index is 1110. The number of aryl methyl sites for hydroxylation is 1. The molecule has 31 heavy (non-hydrogen) atoms. The number of likely N-dealkylation sites (tertiary alicyclic amines) is 1. The van der Waals surface area contributed by atoms with Crippen LogP contribution in [0.4, 0.5) is 17.6 Å². The predicted octanol–water partition coefficient (Wildman–Crippen LogP) is 4.51. The summed E-state index contributed by atoms with van der Waals surface area (Å²) in [5, 5.41) is 4.22. The zero-order valence-electron chi connectivity index (χ0n) is 17.2. The van der Waals surface area contributed by atoms with Gasteiger partial charge in [-0.15, -0.1) is 0 Å². The van der Waals surface area contributed by atoms with E-state index in [9.17, 15) is 22.4 Å². The van der Waals surface area contributed by atoms with Crippen molar-refractivity contribution in [3.8, 4) is 0 Å². The molecule has 9 heteroatoms. The van der Waals surface area contributed by atoms with E-state index in [0.29, 0.717) is 42.9 Å². The number of hydrogen-bond donors (Lipinski definition) is 0. The van der Waals surface area contributed by atoms with Crippen LogP contribution < -0.4 is 0 Å². The first-order valence-corrected chi connectivity index (χ1v) is 10.2. The molecule has 0 bridgehead atoms. The summed E-state index contributed by atoms with van der Waals surface area (Å²) in [5.74, 6) is -0.629. The molecule has 3 aromatic rings. The average Bonchev–Trinajstić information content (AvgIpc) is 3.38. The second-order valence-corrected chi connectivity index (χ2v) is 7.85. The van der Waals surface area contributed by atoms with Crippen LogP contribution in [0.3, 0.4) is 0 Å². The molecule has 0 aliphatic carbocycles. The van der Waals surface area contributed by atoms with Crippen molar-refractivity contribution in [2.45, 2.75) is 44.8 Å². The maximum absolute atomic E-state index is 13.5. The average molecular weight is 434 g/mol. The van der Waals surface area contributed by atoms with Gasteiger partial charge >= 0.3 is 6.18 Å². The Morgan fingerprint density at radius 1 is 1.23 bits per heavy atom. The highest BCUT2D eigenvalue weighted by Gasteiger charge is 2.36. The number of nitrogens with zero attached hydrogens (tertiary/aromatic N) is 4. The summed E-state index contributed by atoms with van der Waals surface area (Å²) in [4.78, 5) is 19.0. The van der Waals surface area contributed by atoms with Gasteiger partial charge in [-0.1, -0.05) is 6.92 Å². The Labute approximate surface area is 176 Å². The lowest BCUT2D eigenvalue weighted by Crippen LogP contribution is -2.37. The van der Waals surface area contributed by atoms with Crippen LogP contribution in [0.5, 0.6) is 0 Å². The fourth-order valence-electron chi connectivity index (χ4n) is 4.03. The molecule has 0 saturated carbocycles. The molecule has 1 aromatic carbocycles. The third-order valence-corrected chi connectivity index (χ3v) is 5.85. The summed E-state index contributed by atoms with van der Waals surface area (Å²) in [7, 11) is 0. The molecule has 164 valence electrons. The normalized spacial score (nSPS) is 18.6. The molecule has 4 rings (SSSR count). The van der Waals surface area contributed by atoms with Gasteiger partial charge in [-0.2, -0.15) is 18.3 Å².